The molecule has 0 saturated heterocycles. The lowest BCUT2D eigenvalue weighted by Gasteiger charge is -2.29. The molecular weight excluding hydrogens is 162 g/mol. The van der Waals surface area contributed by atoms with Crippen molar-refractivity contribution in [3.63, 3.8) is 0 Å². The largest absolute Gasteiger partial charge is 0.388 e. The first kappa shape index (κ1) is 11.0. The Kier molecular flexibility index (Phi) is 4.20. The minimum absolute atomic E-state index is 0.0153. The average molecular weight is 185 g/mol. The van der Waals surface area contributed by atoms with Crippen LogP contribution in [0.2, 0.25) is 0 Å². The van der Waals surface area contributed by atoms with Crippen LogP contribution >= 0.6 is 0 Å². The van der Waals surface area contributed by atoms with Gasteiger partial charge in [0, 0.05) is 6.04 Å². The van der Waals surface area contributed by atoms with Crippen molar-refractivity contribution in [1.82, 2.24) is 0 Å². The molecule has 1 aliphatic carbocycles. The molecule has 1 saturated carbocycles. The maximum absolute atomic E-state index is 10.1. The van der Waals surface area contributed by atoms with Crippen LogP contribution in [0.5, 0.6) is 0 Å². The molecule has 1 aliphatic rings. The molecule has 3 N–H and O–H groups in total. The third kappa shape index (κ3) is 2.96. The summed E-state index contributed by atoms with van der Waals surface area (Å²) in [6.07, 6.45) is 8.76. The quantitative estimate of drug-likeness (QED) is 0.645. The normalized spacial score (nSPS) is 23.3. The monoisotopic (exact) mass is 185 g/mol. The molecule has 0 spiro atoms. The molecule has 13 heavy (non-hydrogen) atoms. The molecule has 78 valence electrons. The molecule has 0 aromatic heterocycles. The molecule has 0 heterocycles. The Morgan fingerprint density at radius 2 is 1.92 bits per heavy atom. The van der Waals surface area contributed by atoms with Gasteiger partial charge in [0.25, 0.3) is 0 Å². The maximum Gasteiger partial charge on any atom is 0.0797 e. The molecule has 0 aromatic carbocycles. The molecule has 0 radical (unpaired) electrons. The number of nitrogens with two attached hydrogens (primary N) is 1. The van der Waals surface area contributed by atoms with E-state index in [9.17, 15) is 5.11 Å². The summed E-state index contributed by atoms with van der Waals surface area (Å²) < 4.78 is 0. The lowest BCUT2D eigenvalue weighted by atomic mass is 9.89. The predicted molar refractivity (Wildman–Crippen MR) is 55.5 cm³/mol. The first-order valence-corrected chi connectivity index (χ1v) is 5.67. The van der Waals surface area contributed by atoms with E-state index in [4.69, 9.17) is 5.73 Å². The molecule has 0 bridgehead atoms. The van der Waals surface area contributed by atoms with Gasteiger partial charge in [0.05, 0.1) is 5.60 Å². The summed E-state index contributed by atoms with van der Waals surface area (Å²) in [4.78, 5) is 0. The number of unbranched alkanes of at least 4 members (excludes halogenated alkanes) is 2. The molecule has 1 rings (SSSR count). The number of hydrogen-bond acceptors (Lipinski definition) is 2. The van der Waals surface area contributed by atoms with Gasteiger partial charge in [-0.3, -0.25) is 0 Å². The SMILES string of the molecule is CCCCC[C@H](N)C1(O)CCCC1. The van der Waals surface area contributed by atoms with E-state index in [0.29, 0.717) is 0 Å². The van der Waals surface area contributed by atoms with Crippen molar-refractivity contribution in [1.29, 1.82) is 0 Å². The first-order valence-electron chi connectivity index (χ1n) is 5.67. The highest BCUT2D eigenvalue weighted by molar-refractivity contribution is 4.93. The Morgan fingerprint density at radius 1 is 1.31 bits per heavy atom. The zero-order valence-electron chi connectivity index (χ0n) is 8.76. The molecule has 0 unspecified atom stereocenters. The predicted octanol–water partition coefficient (Wildman–Crippen LogP) is 2.20. The summed E-state index contributed by atoms with van der Waals surface area (Å²) in [5.74, 6) is 0. The van der Waals surface area contributed by atoms with E-state index in [1.54, 1.807) is 0 Å². The third-order valence-electron chi connectivity index (χ3n) is 3.28. The maximum atomic E-state index is 10.1. The van der Waals surface area contributed by atoms with Gasteiger partial charge in [-0.25, -0.2) is 0 Å². The third-order valence-corrected chi connectivity index (χ3v) is 3.28. The van der Waals surface area contributed by atoms with Crippen molar-refractivity contribution in [3.05, 3.63) is 0 Å². The summed E-state index contributed by atoms with van der Waals surface area (Å²) in [5.41, 5.74) is 5.48. The fourth-order valence-corrected chi connectivity index (χ4v) is 2.24. The minimum Gasteiger partial charge on any atom is -0.388 e. The van der Waals surface area contributed by atoms with Gasteiger partial charge < -0.3 is 10.8 Å². The van der Waals surface area contributed by atoms with Gasteiger partial charge in [0.15, 0.2) is 0 Å². The highest BCUT2D eigenvalue weighted by Gasteiger charge is 2.36. The molecule has 1 atom stereocenters. The van der Waals surface area contributed by atoms with E-state index in [-0.39, 0.29) is 6.04 Å². The van der Waals surface area contributed by atoms with Crippen LogP contribution < -0.4 is 5.73 Å². The van der Waals surface area contributed by atoms with Gasteiger partial charge in [-0.05, 0) is 19.3 Å². The van der Waals surface area contributed by atoms with Crippen LogP contribution in [0.15, 0.2) is 0 Å². The van der Waals surface area contributed by atoms with E-state index < -0.39 is 5.60 Å². The van der Waals surface area contributed by atoms with Crippen LogP contribution in [-0.4, -0.2) is 16.7 Å². The highest BCUT2D eigenvalue weighted by atomic mass is 16.3. The lowest BCUT2D eigenvalue weighted by molar-refractivity contribution is 0.0176. The van der Waals surface area contributed by atoms with Crippen molar-refractivity contribution >= 4 is 0 Å². The van der Waals surface area contributed by atoms with Gasteiger partial charge in [0.2, 0.25) is 0 Å². The Morgan fingerprint density at radius 3 is 2.46 bits per heavy atom. The lowest BCUT2D eigenvalue weighted by Crippen LogP contribution is -2.45. The van der Waals surface area contributed by atoms with Gasteiger partial charge in [-0.2, -0.15) is 0 Å². The van der Waals surface area contributed by atoms with E-state index in [1.807, 2.05) is 0 Å². The van der Waals surface area contributed by atoms with E-state index in [1.165, 1.54) is 19.3 Å². The van der Waals surface area contributed by atoms with E-state index in [0.717, 1.165) is 32.1 Å². The molecule has 0 aromatic rings. The molecule has 0 amide bonds. The van der Waals surface area contributed by atoms with Gasteiger partial charge in [0.1, 0.15) is 0 Å². The number of rotatable bonds is 5. The zero-order chi connectivity index (χ0) is 9.73. The Hall–Kier alpha value is -0.0800. The van der Waals surface area contributed by atoms with Crippen molar-refractivity contribution in [3.8, 4) is 0 Å². The molecule has 0 aliphatic heterocycles. The summed E-state index contributed by atoms with van der Waals surface area (Å²) in [5, 5.41) is 10.1. The summed E-state index contributed by atoms with van der Waals surface area (Å²) >= 11 is 0. The average Bonchev–Trinajstić information content (AvgIpc) is 2.54. The van der Waals surface area contributed by atoms with Crippen molar-refractivity contribution < 1.29 is 5.11 Å². The molecular formula is C11H23NO. The number of hydrogen-bond donors (Lipinski definition) is 2. The molecule has 1 fully saturated rings. The molecule has 2 nitrogen and oxygen atoms in total. The van der Waals surface area contributed by atoms with Gasteiger partial charge in [-0.1, -0.05) is 39.0 Å². The Labute approximate surface area is 81.5 Å². The second-order valence-electron chi connectivity index (χ2n) is 4.41. The van der Waals surface area contributed by atoms with Crippen LogP contribution in [0.4, 0.5) is 0 Å². The van der Waals surface area contributed by atoms with Crippen LogP contribution in [0.1, 0.15) is 58.3 Å². The topological polar surface area (TPSA) is 46.2 Å². The van der Waals surface area contributed by atoms with Crippen molar-refractivity contribution in [2.45, 2.75) is 69.9 Å². The second kappa shape index (κ2) is 4.97. The van der Waals surface area contributed by atoms with E-state index >= 15 is 0 Å². The standard InChI is InChI=1S/C11H23NO/c1-2-3-4-7-10(12)11(13)8-5-6-9-11/h10,13H,2-9,12H2,1H3/t10-/m0/s1. The van der Waals surface area contributed by atoms with Crippen LogP contribution in [0, 0.1) is 0 Å². The second-order valence-corrected chi connectivity index (χ2v) is 4.41. The van der Waals surface area contributed by atoms with Crippen molar-refractivity contribution in [2.24, 2.45) is 5.73 Å². The summed E-state index contributed by atoms with van der Waals surface area (Å²) in [6, 6.07) is 0.0153. The summed E-state index contributed by atoms with van der Waals surface area (Å²) in [6.45, 7) is 2.19. The number of aliphatic hydroxyl groups is 1. The Bertz CT molecular complexity index is 141. The first-order chi connectivity index (χ1) is 6.19. The summed E-state index contributed by atoms with van der Waals surface area (Å²) in [7, 11) is 0. The van der Waals surface area contributed by atoms with Crippen LogP contribution in [0.25, 0.3) is 0 Å². The smallest absolute Gasteiger partial charge is 0.0797 e. The molecule has 2 heteroatoms. The minimum atomic E-state index is -0.520. The zero-order valence-corrected chi connectivity index (χ0v) is 8.76. The Balaban J connectivity index is 2.24. The fourth-order valence-electron chi connectivity index (χ4n) is 2.24. The van der Waals surface area contributed by atoms with Crippen LogP contribution in [0.3, 0.4) is 0 Å². The fraction of sp³-hybridized carbons (Fsp3) is 1.00. The van der Waals surface area contributed by atoms with Gasteiger partial charge in [-0.15, -0.1) is 0 Å². The van der Waals surface area contributed by atoms with Crippen molar-refractivity contribution in [2.75, 3.05) is 0 Å². The van der Waals surface area contributed by atoms with Crippen LogP contribution in [-0.2, 0) is 0 Å². The highest BCUT2D eigenvalue weighted by Crippen LogP contribution is 2.33. The van der Waals surface area contributed by atoms with E-state index in [2.05, 4.69) is 6.92 Å². The van der Waals surface area contributed by atoms with Gasteiger partial charge >= 0.3 is 0 Å².